The summed E-state index contributed by atoms with van der Waals surface area (Å²) in [7, 11) is 3.74. The molecule has 0 bridgehead atoms. The Morgan fingerprint density at radius 1 is 1.24 bits per heavy atom. The van der Waals surface area contributed by atoms with E-state index in [4.69, 9.17) is 5.11 Å². The number of carboxylic acid groups (broad SMARTS) is 1. The molecule has 1 rings (SSSR count). The number of hydrogen-bond acceptors (Lipinski definition) is 3. The zero-order chi connectivity index (χ0) is 16.2. The molecule has 1 aromatic carbocycles. The summed E-state index contributed by atoms with van der Waals surface area (Å²) in [6.07, 6.45) is 0. The SMILES string of the molecule is Cc1cc(F)c(C(C)N(CCN(C)C)CC(=O)O)cc1F. The molecule has 1 N–H and O–H groups in total. The van der Waals surface area contributed by atoms with Gasteiger partial charge in [0.25, 0.3) is 0 Å². The van der Waals surface area contributed by atoms with E-state index in [0.29, 0.717) is 13.1 Å². The molecule has 0 aromatic heterocycles. The summed E-state index contributed by atoms with van der Waals surface area (Å²) in [5.41, 5.74) is 0.416. The van der Waals surface area contributed by atoms with Crippen LogP contribution in [0.2, 0.25) is 0 Å². The summed E-state index contributed by atoms with van der Waals surface area (Å²) in [5.74, 6) is -1.99. The van der Waals surface area contributed by atoms with Crippen molar-refractivity contribution in [2.45, 2.75) is 19.9 Å². The van der Waals surface area contributed by atoms with Gasteiger partial charge in [-0.25, -0.2) is 8.78 Å². The molecule has 0 heterocycles. The fourth-order valence-corrected chi connectivity index (χ4v) is 2.09. The number of hydrogen-bond donors (Lipinski definition) is 1. The highest BCUT2D eigenvalue weighted by molar-refractivity contribution is 5.69. The Morgan fingerprint density at radius 3 is 2.38 bits per heavy atom. The van der Waals surface area contributed by atoms with Gasteiger partial charge in [-0.05, 0) is 45.6 Å². The van der Waals surface area contributed by atoms with Gasteiger partial charge >= 0.3 is 5.97 Å². The van der Waals surface area contributed by atoms with Gasteiger partial charge in [0.1, 0.15) is 11.6 Å². The lowest BCUT2D eigenvalue weighted by atomic mass is 10.0. The molecule has 1 aromatic rings. The van der Waals surface area contributed by atoms with Crippen LogP contribution in [-0.2, 0) is 4.79 Å². The zero-order valence-electron chi connectivity index (χ0n) is 12.9. The number of likely N-dealkylation sites (N-methyl/N-ethyl adjacent to an activating group) is 1. The van der Waals surface area contributed by atoms with E-state index in [9.17, 15) is 13.6 Å². The number of halogens is 2. The van der Waals surface area contributed by atoms with E-state index in [-0.39, 0.29) is 17.7 Å². The molecule has 0 aliphatic carbocycles. The normalized spacial score (nSPS) is 13.0. The first-order valence-corrected chi connectivity index (χ1v) is 6.78. The lowest BCUT2D eigenvalue weighted by Gasteiger charge is -2.29. The second-order valence-electron chi connectivity index (χ2n) is 5.47. The van der Waals surface area contributed by atoms with Crippen LogP contribution in [0, 0.1) is 18.6 Å². The number of aliphatic carboxylic acids is 1. The smallest absolute Gasteiger partial charge is 0.317 e. The third-order valence-electron chi connectivity index (χ3n) is 3.45. The van der Waals surface area contributed by atoms with E-state index in [2.05, 4.69) is 0 Å². The number of carboxylic acids is 1. The van der Waals surface area contributed by atoms with Gasteiger partial charge < -0.3 is 10.0 Å². The molecule has 0 spiro atoms. The van der Waals surface area contributed by atoms with Crippen LogP contribution < -0.4 is 0 Å². The Balaban J connectivity index is 3.00. The molecule has 4 nitrogen and oxygen atoms in total. The summed E-state index contributed by atoms with van der Waals surface area (Å²) >= 11 is 0. The first kappa shape index (κ1) is 17.5. The summed E-state index contributed by atoms with van der Waals surface area (Å²) in [5, 5.41) is 8.99. The van der Waals surface area contributed by atoms with Crippen LogP contribution in [0.4, 0.5) is 8.78 Å². The number of rotatable bonds is 7. The molecule has 1 atom stereocenters. The number of carbonyl (C=O) groups is 1. The summed E-state index contributed by atoms with van der Waals surface area (Å²) in [6.45, 7) is 4.05. The lowest BCUT2D eigenvalue weighted by molar-refractivity contribution is -0.139. The molecule has 0 radical (unpaired) electrons. The zero-order valence-corrected chi connectivity index (χ0v) is 12.9. The highest BCUT2D eigenvalue weighted by Crippen LogP contribution is 2.25. The van der Waals surface area contributed by atoms with Crippen molar-refractivity contribution >= 4 is 5.97 Å². The average Bonchev–Trinajstić information content (AvgIpc) is 2.37. The van der Waals surface area contributed by atoms with Crippen molar-refractivity contribution in [2.24, 2.45) is 0 Å². The van der Waals surface area contributed by atoms with Crippen LogP contribution in [0.3, 0.4) is 0 Å². The van der Waals surface area contributed by atoms with E-state index in [1.54, 1.807) is 11.8 Å². The van der Waals surface area contributed by atoms with Gasteiger partial charge in [-0.15, -0.1) is 0 Å². The van der Waals surface area contributed by atoms with Gasteiger partial charge in [0.2, 0.25) is 0 Å². The van der Waals surface area contributed by atoms with Gasteiger partial charge in [-0.1, -0.05) is 0 Å². The van der Waals surface area contributed by atoms with Crippen LogP contribution in [0.1, 0.15) is 24.1 Å². The molecular formula is C15H22F2N2O2. The monoisotopic (exact) mass is 300 g/mol. The molecule has 1 unspecified atom stereocenters. The average molecular weight is 300 g/mol. The topological polar surface area (TPSA) is 43.8 Å². The fraction of sp³-hybridized carbons (Fsp3) is 0.533. The summed E-state index contributed by atoms with van der Waals surface area (Å²) < 4.78 is 27.7. The minimum atomic E-state index is -0.992. The van der Waals surface area contributed by atoms with Crippen LogP contribution in [0.5, 0.6) is 0 Å². The van der Waals surface area contributed by atoms with E-state index in [1.165, 1.54) is 6.92 Å². The van der Waals surface area contributed by atoms with Crippen LogP contribution in [0.15, 0.2) is 12.1 Å². The van der Waals surface area contributed by atoms with Crippen molar-refractivity contribution in [1.29, 1.82) is 0 Å². The van der Waals surface area contributed by atoms with E-state index in [1.807, 2.05) is 19.0 Å². The minimum Gasteiger partial charge on any atom is -0.480 e. The largest absolute Gasteiger partial charge is 0.480 e. The first-order chi connectivity index (χ1) is 9.72. The Kier molecular flexibility index (Phi) is 6.23. The van der Waals surface area contributed by atoms with E-state index in [0.717, 1.165) is 12.1 Å². The Hall–Kier alpha value is -1.53. The summed E-state index contributed by atoms with van der Waals surface area (Å²) in [4.78, 5) is 14.5. The highest BCUT2D eigenvalue weighted by Gasteiger charge is 2.22. The van der Waals surface area contributed by atoms with Crippen LogP contribution in [0.25, 0.3) is 0 Å². The predicted octanol–water partition coefficient (Wildman–Crippen LogP) is 2.28. The third kappa shape index (κ3) is 5.06. The third-order valence-corrected chi connectivity index (χ3v) is 3.45. The maximum Gasteiger partial charge on any atom is 0.317 e. The minimum absolute atomic E-state index is 0.179. The van der Waals surface area contributed by atoms with Crippen molar-refractivity contribution in [3.8, 4) is 0 Å². The van der Waals surface area contributed by atoms with Crippen LogP contribution in [-0.4, -0.2) is 54.6 Å². The molecule has 118 valence electrons. The molecule has 6 heteroatoms. The van der Waals surface area contributed by atoms with Crippen molar-refractivity contribution in [1.82, 2.24) is 9.80 Å². The van der Waals surface area contributed by atoms with Gasteiger partial charge in [-0.3, -0.25) is 9.69 Å². The van der Waals surface area contributed by atoms with Crippen LogP contribution >= 0.6 is 0 Å². The first-order valence-electron chi connectivity index (χ1n) is 6.78. The Labute approximate surface area is 124 Å². The molecular weight excluding hydrogens is 278 g/mol. The maximum atomic E-state index is 14.0. The van der Waals surface area contributed by atoms with Gasteiger partial charge in [0.05, 0.1) is 6.54 Å². The van der Waals surface area contributed by atoms with Gasteiger partial charge in [0, 0.05) is 24.7 Å². The van der Waals surface area contributed by atoms with Crippen molar-refractivity contribution in [3.05, 3.63) is 34.9 Å². The number of nitrogens with zero attached hydrogens (tertiary/aromatic N) is 2. The lowest BCUT2D eigenvalue weighted by Crippen LogP contribution is -2.37. The van der Waals surface area contributed by atoms with Crippen molar-refractivity contribution in [3.63, 3.8) is 0 Å². The standard InChI is InChI=1S/C15H22F2N2O2/c1-10-7-14(17)12(8-13(10)16)11(2)19(9-15(20)21)6-5-18(3)4/h7-8,11H,5-6,9H2,1-4H3,(H,20,21). The molecule has 0 fully saturated rings. The summed E-state index contributed by atoms with van der Waals surface area (Å²) in [6, 6.07) is 1.78. The molecule has 21 heavy (non-hydrogen) atoms. The highest BCUT2D eigenvalue weighted by atomic mass is 19.1. The number of aryl methyl sites for hydroxylation is 1. The molecule has 0 saturated heterocycles. The van der Waals surface area contributed by atoms with Gasteiger partial charge in [-0.2, -0.15) is 0 Å². The molecule has 0 aliphatic heterocycles. The Morgan fingerprint density at radius 2 is 1.86 bits per heavy atom. The Bertz CT molecular complexity index is 507. The molecule has 0 amide bonds. The second-order valence-corrected chi connectivity index (χ2v) is 5.47. The van der Waals surface area contributed by atoms with Gasteiger partial charge in [0.15, 0.2) is 0 Å². The maximum absolute atomic E-state index is 14.0. The second kappa shape index (κ2) is 7.47. The van der Waals surface area contributed by atoms with E-state index < -0.39 is 23.6 Å². The fourth-order valence-electron chi connectivity index (χ4n) is 2.09. The van der Waals surface area contributed by atoms with E-state index >= 15 is 0 Å². The van der Waals surface area contributed by atoms with Crippen molar-refractivity contribution in [2.75, 3.05) is 33.7 Å². The quantitative estimate of drug-likeness (QED) is 0.839. The molecule has 0 aliphatic rings. The molecule has 0 saturated carbocycles. The predicted molar refractivity (Wildman–Crippen MR) is 77.3 cm³/mol. The number of benzene rings is 1. The van der Waals surface area contributed by atoms with Crippen molar-refractivity contribution < 1.29 is 18.7 Å².